The Bertz CT molecular complexity index is 363. The maximum absolute atomic E-state index is 5.93. The highest BCUT2D eigenvalue weighted by molar-refractivity contribution is 6.30. The van der Waals surface area contributed by atoms with Crippen LogP contribution < -0.4 is 5.32 Å². The van der Waals surface area contributed by atoms with E-state index in [4.69, 9.17) is 11.6 Å². The fraction of sp³-hybridized carbons (Fsp3) is 0.571. The molecule has 3 unspecified atom stereocenters. The summed E-state index contributed by atoms with van der Waals surface area (Å²) >= 11 is 5.93. The van der Waals surface area contributed by atoms with E-state index in [9.17, 15) is 0 Å². The van der Waals surface area contributed by atoms with Crippen LogP contribution in [0.3, 0.4) is 0 Å². The quantitative estimate of drug-likeness (QED) is 0.870. The summed E-state index contributed by atoms with van der Waals surface area (Å²) in [4.78, 5) is 2.56. The van der Waals surface area contributed by atoms with Gasteiger partial charge in [-0.05, 0) is 38.5 Å². The van der Waals surface area contributed by atoms with E-state index in [2.05, 4.69) is 43.1 Å². The Morgan fingerprint density at radius 2 is 1.94 bits per heavy atom. The highest BCUT2D eigenvalue weighted by Gasteiger charge is 2.26. The van der Waals surface area contributed by atoms with Crippen molar-refractivity contribution in [2.24, 2.45) is 0 Å². The third kappa shape index (κ3) is 3.01. The molecule has 0 bridgehead atoms. The van der Waals surface area contributed by atoms with Crippen LogP contribution in [-0.4, -0.2) is 30.1 Å². The van der Waals surface area contributed by atoms with E-state index in [1.165, 1.54) is 5.56 Å². The number of benzene rings is 1. The van der Waals surface area contributed by atoms with Crippen LogP contribution in [-0.2, 0) is 0 Å². The zero-order chi connectivity index (χ0) is 12.4. The molecule has 1 aliphatic rings. The highest BCUT2D eigenvalue weighted by atomic mass is 35.5. The Balaban J connectivity index is 2.12. The van der Waals surface area contributed by atoms with Gasteiger partial charge in [-0.2, -0.15) is 0 Å². The summed E-state index contributed by atoms with van der Waals surface area (Å²) < 4.78 is 0. The van der Waals surface area contributed by atoms with Crippen molar-refractivity contribution in [3.63, 3.8) is 0 Å². The lowest BCUT2D eigenvalue weighted by molar-refractivity contribution is 0.103. The van der Waals surface area contributed by atoms with E-state index in [0.29, 0.717) is 18.1 Å². The molecule has 0 spiro atoms. The fourth-order valence-corrected chi connectivity index (χ4v) is 2.65. The maximum Gasteiger partial charge on any atom is 0.0406 e. The second-order valence-corrected chi connectivity index (χ2v) is 5.52. The van der Waals surface area contributed by atoms with Crippen LogP contribution in [0.25, 0.3) is 0 Å². The van der Waals surface area contributed by atoms with Crippen molar-refractivity contribution in [3.8, 4) is 0 Å². The van der Waals surface area contributed by atoms with Crippen LogP contribution in [0.4, 0.5) is 0 Å². The van der Waals surface area contributed by atoms with Gasteiger partial charge in [0.05, 0.1) is 0 Å². The summed E-state index contributed by atoms with van der Waals surface area (Å²) in [5, 5.41) is 4.32. The second kappa shape index (κ2) is 5.38. The predicted molar refractivity (Wildman–Crippen MR) is 73.5 cm³/mol. The Labute approximate surface area is 109 Å². The monoisotopic (exact) mass is 252 g/mol. The van der Waals surface area contributed by atoms with Gasteiger partial charge >= 0.3 is 0 Å². The molecule has 1 heterocycles. The van der Waals surface area contributed by atoms with Crippen molar-refractivity contribution in [2.45, 2.75) is 38.9 Å². The maximum atomic E-state index is 5.93. The van der Waals surface area contributed by atoms with E-state index in [1.807, 2.05) is 12.1 Å². The van der Waals surface area contributed by atoms with Gasteiger partial charge in [-0.1, -0.05) is 23.7 Å². The molecule has 0 aromatic heterocycles. The number of hydrogen-bond acceptors (Lipinski definition) is 2. The zero-order valence-electron chi connectivity index (χ0n) is 10.8. The largest absolute Gasteiger partial charge is 0.311 e. The second-order valence-electron chi connectivity index (χ2n) is 5.08. The van der Waals surface area contributed by atoms with Crippen LogP contribution in [0.1, 0.15) is 32.4 Å². The van der Waals surface area contributed by atoms with Crippen LogP contribution in [0.2, 0.25) is 5.02 Å². The third-order valence-electron chi connectivity index (χ3n) is 3.66. The topological polar surface area (TPSA) is 15.3 Å². The first kappa shape index (κ1) is 12.9. The van der Waals surface area contributed by atoms with Gasteiger partial charge in [-0.3, -0.25) is 4.90 Å². The van der Waals surface area contributed by atoms with Gasteiger partial charge < -0.3 is 5.32 Å². The first-order chi connectivity index (χ1) is 8.08. The third-order valence-corrected chi connectivity index (χ3v) is 3.91. The van der Waals surface area contributed by atoms with E-state index < -0.39 is 0 Å². The molecule has 0 amide bonds. The molecule has 1 aromatic carbocycles. The first-order valence-corrected chi connectivity index (χ1v) is 6.70. The smallest absolute Gasteiger partial charge is 0.0406 e. The summed E-state index contributed by atoms with van der Waals surface area (Å²) in [6.07, 6.45) is 0. The molecule has 2 rings (SSSR count). The van der Waals surface area contributed by atoms with Gasteiger partial charge in [0, 0.05) is 36.2 Å². The molecule has 1 aromatic rings. The van der Waals surface area contributed by atoms with Crippen molar-refractivity contribution in [2.75, 3.05) is 13.1 Å². The highest BCUT2D eigenvalue weighted by Crippen LogP contribution is 2.25. The average molecular weight is 253 g/mol. The Hall–Kier alpha value is -0.570. The van der Waals surface area contributed by atoms with Gasteiger partial charge in [-0.25, -0.2) is 0 Å². The lowest BCUT2D eigenvalue weighted by Crippen LogP contribution is -2.54. The SMILES string of the molecule is CC1CN(C(C)c2ccc(Cl)cc2)C(C)CN1. The van der Waals surface area contributed by atoms with Gasteiger partial charge in [0.2, 0.25) is 0 Å². The molecule has 1 N–H and O–H groups in total. The van der Waals surface area contributed by atoms with E-state index in [0.717, 1.165) is 18.1 Å². The number of nitrogens with zero attached hydrogens (tertiary/aromatic N) is 1. The molecule has 17 heavy (non-hydrogen) atoms. The zero-order valence-corrected chi connectivity index (χ0v) is 11.5. The molecule has 94 valence electrons. The van der Waals surface area contributed by atoms with Gasteiger partial charge in [0.25, 0.3) is 0 Å². The van der Waals surface area contributed by atoms with Crippen molar-refractivity contribution in [3.05, 3.63) is 34.9 Å². The van der Waals surface area contributed by atoms with Crippen molar-refractivity contribution in [1.29, 1.82) is 0 Å². The molecule has 2 nitrogen and oxygen atoms in total. The summed E-state index contributed by atoms with van der Waals surface area (Å²) in [7, 11) is 0. The molecule has 0 saturated carbocycles. The predicted octanol–water partition coefficient (Wildman–Crippen LogP) is 3.08. The summed E-state index contributed by atoms with van der Waals surface area (Å²) in [6, 6.07) is 9.82. The Morgan fingerprint density at radius 1 is 1.29 bits per heavy atom. The minimum Gasteiger partial charge on any atom is -0.311 e. The van der Waals surface area contributed by atoms with Gasteiger partial charge in [-0.15, -0.1) is 0 Å². The number of rotatable bonds is 2. The Morgan fingerprint density at radius 3 is 2.59 bits per heavy atom. The number of halogens is 1. The Kier molecular flexibility index (Phi) is 4.08. The fourth-order valence-electron chi connectivity index (χ4n) is 2.52. The molecule has 0 radical (unpaired) electrons. The molecular weight excluding hydrogens is 232 g/mol. The minimum atomic E-state index is 0.451. The van der Waals surface area contributed by atoms with Crippen molar-refractivity contribution < 1.29 is 0 Å². The molecule has 3 atom stereocenters. The number of nitrogens with one attached hydrogen (secondary N) is 1. The molecule has 1 aliphatic heterocycles. The van der Waals surface area contributed by atoms with Crippen molar-refractivity contribution >= 4 is 11.6 Å². The van der Waals surface area contributed by atoms with E-state index in [-0.39, 0.29) is 0 Å². The number of piperazine rings is 1. The summed E-state index contributed by atoms with van der Waals surface area (Å²) in [5.74, 6) is 0. The minimum absolute atomic E-state index is 0.451. The van der Waals surface area contributed by atoms with Crippen LogP contribution in [0.15, 0.2) is 24.3 Å². The molecule has 3 heteroatoms. The van der Waals surface area contributed by atoms with E-state index >= 15 is 0 Å². The molecule has 1 saturated heterocycles. The standard InChI is InChI=1S/C14H21ClN2/c1-10-9-17(11(2)8-16-10)12(3)13-4-6-14(15)7-5-13/h4-7,10-12,16H,8-9H2,1-3H3. The average Bonchev–Trinajstić information content (AvgIpc) is 2.32. The van der Waals surface area contributed by atoms with Gasteiger partial charge in [0.15, 0.2) is 0 Å². The molecule has 1 fully saturated rings. The summed E-state index contributed by atoms with van der Waals surface area (Å²) in [6.45, 7) is 8.97. The molecular formula is C14H21ClN2. The lowest BCUT2D eigenvalue weighted by atomic mass is 10.0. The van der Waals surface area contributed by atoms with Crippen LogP contribution >= 0.6 is 11.6 Å². The molecule has 0 aliphatic carbocycles. The first-order valence-electron chi connectivity index (χ1n) is 6.32. The lowest BCUT2D eigenvalue weighted by Gasteiger charge is -2.41. The van der Waals surface area contributed by atoms with Crippen molar-refractivity contribution in [1.82, 2.24) is 10.2 Å². The number of hydrogen-bond donors (Lipinski definition) is 1. The van der Waals surface area contributed by atoms with Crippen LogP contribution in [0.5, 0.6) is 0 Å². The van der Waals surface area contributed by atoms with Gasteiger partial charge in [0.1, 0.15) is 0 Å². The summed E-state index contributed by atoms with van der Waals surface area (Å²) in [5.41, 5.74) is 1.34. The normalized spacial score (nSPS) is 28.0. The van der Waals surface area contributed by atoms with E-state index in [1.54, 1.807) is 0 Å². The van der Waals surface area contributed by atoms with Crippen LogP contribution in [0, 0.1) is 0 Å².